The summed E-state index contributed by atoms with van der Waals surface area (Å²) in [6.45, 7) is 5.93. The van der Waals surface area contributed by atoms with E-state index in [0.29, 0.717) is 15.6 Å². The summed E-state index contributed by atoms with van der Waals surface area (Å²) in [6.07, 6.45) is 0. The van der Waals surface area contributed by atoms with E-state index in [9.17, 15) is 8.42 Å². The third-order valence-electron chi connectivity index (χ3n) is 4.15. The molecule has 130 valence electrons. The molecule has 0 aliphatic rings. The number of halogens is 1. The molecule has 0 amide bonds. The van der Waals surface area contributed by atoms with Crippen LogP contribution in [0.2, 0.25) is 0 Å². The second kappa shape index (κ2) is 6.81. The molecule has 0 bridgehead atoms. The minimum atomic E-state index is -3.97. The van der Waals surface area contributed by atoms with Crippen molar-refractivity contribution in [1.82, 2.24) is 0 Å². The zero-order chi connectivity index (χ0) is 18.2. The maximum absolute atomic E-state index is 13.0. The van der Waals surface area contributed by atoms with E-state index in [0.717, 1.165) is 16.5 Å². The molecule has 0 aliphatic heterocycles. The molecule has 3 nitrogen and oxygen atoms in total. The van der Waals surface area contributed by atoms with Gasteiger partial charge in [0.25, 0.3) is 0 Å². The number of benzene rings is 3. The van der Waals surface area contributed by atoms with Crippen LogP contribution in [0, 0.1) is 6.92 Å². The van der Waals surface area contributed by atoms with Crippen LogP contribution in [-0.4, -0.2) is 8.42 Å². The fourth-order valence-corrected chi connectivity index (χ4v) is 4.52. The summed E-state index contributed by atoms with van der Waals surface area (Å²) >= 11 is 3.48. The predicted molar refractivity (Wildman–Crippen MR) is 105 cm³/mol. The molecule has 3 aromatic rings. The molecule has 0 heterocycles. The van der Waals surface area contributed by atoms with Gasteiger partial charge in [-0.25, -0.2) is 0 Å². The van der Waals surface area contributed by atoms with Gasteiger partial charge in [0.1, 0.15) is 4.90 Å². The highest BCUT2D eigenvalue weighted by molar-refractivity contribution is 9.10. The van der Waals surface area contributed by atoms with Crippen molar-refractivity contribution >= 4 is 36.8 Å². The van der Waals surface area contributed by atoms with Crippen LogP contribution in [0.4, 0.5) is 0 Å². The molecule has 0 saturated heterocycles. The maximum Gasteiger partial charge on any atom is 0.339 e. The smallest absolute Gasteiger partial charge is 0.339 e. The van der Waals surface area contributed by atoms with Crippen LogP contribution in [0.5, 0.6) is 5.75 Å². The van der Waals surface area contributed by atoms with Crippen molar-refractivity contribution < 1.29 is 12.6 Å². The number of hydrogen-bond donors (Lipinski definition) is 0. The molecule has 0 aromatic heterocycles. The number of fused-ring (bicyclic) bond motifs is 1. The highest BCUT2D eigenvalue weighted by Crippen LogP contribution is 2.38. The van der Waals surface area contributed by atoms with Gasteiger partial charge in [0.2, 0.25) is 0 Å². The largest absolute Gasteiger partial charge is 0.377 e. The Morgan fingerprint density at radius 2 is 1.64 bits per heavy atom. The quantitative estimate of drug-likeness (QED) is 0.502. The average molecular weight is 419 g/mol. The summed E-state index contributed by atoms with van der Waals surface area (Å²) in [6, 6.07) is 16.4. The second-order valence-corrected chi connectivity index (χ2v) is 8.59. The molecule has 5 heteroatoms. The molecule has 25 heavy (non-hydrogen) atoms. The summed E-state index contributed by atoms with van der Waals surface area (Å²) in [5.41, 5.74) is 1.77. The predicted octanol–water partition coefficient (Wildman–Crippen LogP) is 5.80. The van der Waals surface area contributed by atoms with Gasteiger partial charge in [-0.15, -0.1) is 0 Å². The normalized spacial score (nSPS) is 11.9. The third kappa shape index (κ3) is 3.44. The fraction of sp³-hybridized carbons (Fsp3) is 0.200. The average Bonchev–Trinajstić information content (AvgIpc) is 2.58. The SMILES string of the molecule is Cc1ccc(C(C)C)c(OS(=O)(=O)c2cccc3ccccc23)c1Br. The lowest BCUT2D eigenvalue weighted by Crippen LogP contribution is -2.12. The van der Waals surface area contributed by atoms with E-state index in [2.05, 4.69) is 15.9 Å². The number of aryl methyl sites for hydroxylation is 1. The lowest BCUT2D eigenvalue weighted by atomic mass is 10.0. The minimum Gasteiger partial charge on any atom is -0.377 e. The lowest BCUT2D eigenvalue weighted by Gasteiger charge is -2.17. The first kappa shape index (κ1) is 18.0. The van der Waals surface area contributed by atoms with E-state index >= 15 is 0 Å². The summed E-state index contributed by atoms with van der Waals surface area (Å²) in [7, 11) is -3.97. The van der Waals surface area contributed by atoms with E-state index in [1.54, 1.807) is 18.2 Å². The molecule has 0 spiro atoms. The van der Waals surface area contributed by atoms with Gasteiger partial charge in [0.05, 0.1) is 4.47 Å². The zero-order valence-electron chi connectivity index (χ0n) is 14.3. The Labute approximate surface area is 156 Å². The van der Waals surface area contributed by atoms with E-state index in [1.165, 1.54) is 0 Å². The summed E-state index contributed by atoms with van der Waals surface area (Å²) in [5, 5.41) is 1.51. The molecular weight excluding hydrogens is 400 g/mol. The maximum atomic E-state index is 13.0. The molecule has 0 saturated carbocycles. The van der Waals surface area contributed by atoms with Crippen molar-refractivity contribution in [1.29, 1.82) is 0 Å². The molecule has 3 aromatic carbocycles. The highest BCUT2D eigenvalue weighted by atomic mass is 79.9. The van der Waals surface area contributed by atoms with Crippen molar-refractivity contribution in [3.8, 4) is 5.75 Å². The van der Waals surface area contributed by atoms with Crippen LogP contribution in [0.15, 0.2) is 64.0 Å². The molecule has 0 fully saturated rings. The van der Waals surface area contributed by atoms with E-state index < -0.39 is 10.1 Å². The molecular formula is C20H19BrO3S. The van der Waals surface area contributed by atoms with Gasteiger partial charge in [-0.3, -0.25) is 0 Å². The third-order valence-corrected chi connectivity index (χ3v) is 6.42. The molecule has 0 N–H and O–H groups in total. The molecule has 0 unspecified atom stereocenters. The van der Waals surface area contributed by atoms with Gasteiger partial charge in [-0.05, 0) is 51.4 Å². The van der Waals surface area contributed by atoms with Crippen molar-refractivity contribution in [2.75, 3.05) is 0 Å². The summed E-state index contributed by atoms with van der Waals surface area (Å²) < 4.78 is 32.3. The Hall–Kier alpha value is -1.85. The zero-order valence-corrected chi connectivity index (χ0v) is 16.7. The number of rotatable bonds is 4. The highest BCUT2D eigenvalue weighted by Gasteiger charge is 2.24. The van der Waals surface area contributed by atoms with E-state index in [1.807, 2.05) is 57.2 Å². The minimum absolute atomic E-state index is 0.134. The topological polar surface area (TPSA) is 43.4 Å². The van der Waals surface area contributed by atoms with Crippen LogP contribution in [-0.2, 0) is 10.1 Å². The Morgan fingerprint density at radius 1 is 0.960 bits per heavy atom. The Morgan fingerprint density at radius 3 is 2.36 bits per heavy atom. The van der Waals surface area contributed by atoms with Crippen molar-refractivity contribution in [2.45, 2.75) is 31.6 Å². The molecule has 0 aliphatic carbocycles. The van der Waals surface area contributed by atoms with E-state index in [4.69, 9.17) is 4.18 Å². The fourth-order valence-electron chi connectivity index (χ4n) is 2.78. The van der Waals surface area contributed by atoms with Crippen LogP contribution in [0.3, 0.4) is 0 Å². The van der Waals surface area contributed by atoms with Crippen molar-refractivity contribution in [2.24, 2.45) is 0 Å². The van der Waals surface area contributed by atoms with Crippen LogP contribution in [0.1, 0.15) is 30.9 Å². The molecule has 0 atom stereocenters. The summed E-state index contributed by atoms with van der Waals surface area (Å²) in [4.78, 5) is 0.175. The van der Waals surface area contributed by atoms with Crippen LogP contribution in [0.25, 0.3) is 10.8 Å². The van der Waals surface area contributed by atoms with Gasteiger partial charge in [0, 0.05) is 5.39 Å². The number of hydrogen-bond acceptors (Lipinski definition) is 3. The summed E-state index contributed by atoms with van der Waals surface area (Å²) in [5.74, 6) is 0.498. The Bertz CT molecular complexity index is 1030. The van der Waals surface area contributed by atoms with E-state index in [-0.39, 0.29) is 10.8 Å². The first-order valence-corrected chi connectivity index (χ1v) is 10.2. The molecule has 0 radical (unpaired) electrons. The molecule has 3 rings (SSSR count). The van der Waals surface area contributed by atoms with Crippen molar-refractivity contribution in [3.63, 3.8) is 0 Å². The lowest BCUT2D eigenvalue weighted by molar-refractivity contribution is 0.480. The van der Waals surface area contributed by atoms with Gasteiger partial charge in [-0.1, -0.05) is 62.4 Å². The Balaban J connectivity index is 2.16. The van der Waals surface area contributed by atoms with Crippen molar-refractivity contribution in [3.05, 3.63) is 70.2 Å². The van der Waals surface area contributed by atoms with Gasteiger partial charge < -0.3 is 4.18 Å². The van der Waals surface area contributed by atoms with Crippen LogP contribution >= 0.6 is 15.9 Å². The first-order chi connectivity index (χ1) is 11.8. The first-order valence-electron chi connectivity index (χ1n) is 8.02. The van der Waals surface area contributed by atoms with Gasteiger partial charge in [-0.2, -0.15) is 8.42 Å². The van der Waals surface area contributed by atoms with Gasteiger partial charge >= 0.3 is 10.1 Å². The monoisotopic (exact) mass is 418 g/mol. The second-order valence-electron chi connectivity index (χ2n) is 6.28. The van der Waals surface area contributed by atoms with Crippen LogP contribution < -0.4 is 4.18 Å². The standard InChI is InChI=1S/C20H19BrO3S/c1-13(2)16-12-11-14(3)19(21)20(16)24-25(22,23)18-10-6-8-15-7-4-5-9-17(15)18/h4-13H,1-3H3. The van der Waals surface area contributed by atoms with Gasteiger partial charge in [0.15, 0.2) is 5.75 Å². The Kier molecular flexibility index (Phi) is 4.89.